The van der Waals surface area contributed by atoms with E-state index in [1.54, 1.807) is 37.2 Å². The predicted octanol–water partition coefficient (Wildman–Crippen LogP) is 3.56. The number of hydrogen-bond acceptors (Lipinski definition) is 10. The number of ether oxygens (including phenoxy) is 1. The van der Waals surface area contributed by atoms with Crippen LogP contribution in [0.25, 0.3) is 16.5 Å². The Kier molecular flexibility index (Phi) is 5.74. The lowest BCUT2D eigenvalue weighted by molar-refractivity contribution is -0.142. The van der Waals surface area contributed by atoms with Gasteiger partial charge in [-0.2, -0.15) is 0 Å². The van der Waals surface area contributed by atoms with Gasteiger partial charge >= 0.3 is 0 Å². The van der Waals surface area contributed by atoms with Crippen LogP contribution >= 0.6 is 0 Å². The van der Waals surface area contributed by atoms with Crippen molar-refractivity contribution in [2.24, 2.45) is 11.8 Å². The van der Waals surface area contributed by atoms with E-state index in [1.807, 2.05) is 13.0 Å². The van der Waals surface area contributed by atoms with Gasteiger partial charge in [0.05, 0.1) is 18.2 Å². The van der Waals surface area contributed by atoms with Crippen LogP contribution in [0.3, 0.4) is 0 Å². The summed E-state index contributed by atoms with van der Waals surface area (Å²) in [5.74, 6) is -3.45. The van der Waals surface area contributed by atoms with E-state index in [1.165, 1.54) is 0 Å². The van der Waals surface area contributed by atoms with Gasteiger partial charge in [-0.15, -0.1) is 0 Å². The van der Waals surface area contributed by atoms with E-state index in [-0.39, 0.29) is 40.5 Å². The average molecular weight is 534 g/mol. The van der Waals surface area contributed by atoms with Crippen LogP contribution in [0.2, 0.25) is 0 Å². The number of unbranched alkanes of at least 4 members (excludes halogenated alkanes) is 1. The molecule has 6 rings (SSSR count). The van der Waals surface area contributed by atoms with Crippen molar-refractivity contribution < 1.29 is 34.2 Å². The first kappa shape index (κ1) is 25.4. The molecular formula is C29H31N3O7. The van der Waals surface area contributed by atoms with E-state index in [4.69, 9.17) is 15.0 Å². The Morgan fingerprint density at radius 2 is 1.95 bits per heavy atom. The van der Waals surface area contributed by atoms with Gasteiger partial charge in [0, 0.05) is 22.6 Å². The molecular weight excluding hydrogens is 502 g/mol. The molecule has 10 nitrogen and oxygen atoms in total. The number of nitrogens with two attached hydrogens (primary N) is 1. The van der Waals surface area contributed by atoms with Crippen molar-refractivity contribution in [2.45, 2.75) is 44.2 Å². The largest absolute Gasteiger partial charge is 0.507 e. The maximum Gasteiger partial charge on any atom is 0.265 e. The summed E-state index contributed by atoms with van der Waals surface area (Å²) >= 11 is 0. The third-order valence-electron chi connectivity index (χ3n) is 8.45. The highest BCUT2D eigenvalue weighted by atomic mass is 16.5. The molecule has 10 heteroatoms. The molecule has 4 atom stereocenters. The third-order valence-corrected chi connectivity index (χ3v) is 8.45. The van der Waals surface area contributed by atoms with Gasteiger partial charge < -0.3 is 30.3 Å². The first-order valence-electron chi connectivity index (χ1n) is 13.2. The van der Waals surface area contributed by atoms with Gasteiger partial charge in [-0.3, -0.25) is 14.5 Å². The number of ketones is 2. The van der Waals surface area contributed by atoms with Crippen LogP contribution < -0.4 is 10.5 Å². The van der Waals surface area contributed by atoms with Gasteiger partial charge in [0.15, 0.2) is 11.4 Å². The molecule has 0 amide bonds. The molecule has 0 saturated heterocycles. The summed E-state index contributed by atoms with van der Waals surface area (Å²) in [5.41, 5.74) is 4.72. The van der Waals surface area contributed by atoms with E-state index in [0.717, 1.165) is 12.8 Å². The normalized spacial score (nSPS) is 25.9. The van der Waals surface area contributed by atoms with Crippen LogP contribution in [-0.2, 0) is 11.2 Å². The summed E-state index contributed by atoms with van der Waals surface area (Å²) in [6, 6.07) is 6.24. The Morgan fingerprint density at radius 3 is 2.67 bits per heavy atom. The summed E-state index contributed by atoms with van der Waals surface area (Å²) in [6.45, 7) is 2.30. The lowest BCUT2D eigenvalue weighted by Gasteiger charge is -2.49. The van der Waals surface area contributed by atoms with Crippen molar-refractivity contribution in [3.63, 3.8) is 0 Å². The van der Waals surface area contributed by atoms with Gasteiger partial charge in [0.1, 0.15) is 17.1 Å². The molecule has 0 bridgehead atoms. The molecule has 1 saturated carbocycles. The molecule has 1 fully saturated rings. The van der Waals surface area contributed by atoms with Crippen LogP contribution in [0.15, 0.2) is 34.4 Å². The number of phenols is 1. The summed E-state index contributed by atoms with van der Waals surface area (Å²) in [7, 11) is 3.56. The highest BCUT2D eigenvalue weighted by molar-refractivity contribution is 6.26. The summed E-state index contributed by atoms with van der Waals surface area (Å²) < 4.78 is 11.3. The minimum Gasteiger partial charge on any atom is -0.507 e. The highest BCUT2D eigenvalue weighted by Crippen LogP contribution is 2.56. The summed E-state index contributed by atoms with van der Waals surface area (Å²) in [4.78, 5) is 29.9. The third kappa shape index (κ3) is 3.44. The zero-order valence-electron chi connectivity index (χ0n) is 22.0. The van der Waals surface area contributed by atoms with Crippen molar-refractivity contribution in [1.29, 1.82) is 0 Å². The highest BCUT2D eigenvalue weighted by Gasteiger charge is 2.65. The fourth-order valence-electron chi connectivity index (χ4n) is 6.64. The number of hydrogen-bond donors (Lipinski definition) is 4. The predicted molar refractivity (Wildman–Crippen MR) is 142 cm³/mol. The van der Waals surface area contributed by atoms with Gasteiger partial charge in [-0.05, 0) is 73.6 Å². The van der Waals surface area contributed by atoms with E-state index < -0.39 is 40.8 Å². The molecule has 3 aliphatic rings. The molecule has 0 unspecified atom stereocenters. The number of carbonyl (C=O) groups excluding carboxylic acids is 2. The molecule has 0 aliphatic heterocycles. The molecule has 0 radical (unpaired) electrons. The number of nitrogen functional groups attached to an aromatic ring is 1. The number of aliphatic hydroxyl groups excluding tert-OH is 1. The SMILES string of the molecule is CCCCOc1noc2c1C(=O)[C@@]1(O)C(=O)C3=C(O)c4c(cc5cc(N)ccc5c4O)C[C@H]3C[C@H]1[C@@H]2N(C)C. The fraction of sp³-hybridized carbons (Fsp3) is 0.414. The molecule has 1 heterocycles. The van der Waals surface area contributed by atoms with E-state index in [9.17, 15) is 24.9 Å². The number of aromatic nitrogens is 1. The molecule has 3 aromatic rings. The maximum atomic E-state index is 14.1. The quantitative estimate of drug-likeness (QED) is 0.217. The Balaban J connectivity index is 1.51. The van der Waals surface area contributed by atoms with Crippen molar-refractivity contribution >= 4 is 33.8 Å². The summed E-state index contributed by atoms with van der Waals surface area (Å²) in [5, 5.41) is 39.7. The number of benzene rings is 2. The topological polar surface area (TPSA) is 159 Å². The van der Waals surface area contributed by atoms with Gasteiger partial charge in [-0.25, -0.2) is 0 Å². The number of aliphatic hydroxyl groups is 2. The fourth-order valence-corrected chi connectivity index (χ4v) is 6.64. The smallest absolute Gasteiger partial charge is 0.265 e. The maximum absolute atomic E-state index is 14.1. The van der Waals surface area contributed by atoms with E-state index in [2.05, 4.69) is 5.16 Å². The van der Waals surface area contributed by atoms with Crippen molar-refractivity contribution in [2.75, 3.05) is 26.4 Å². The lowest BCUT2D eigenvalue weighted by Crippen LogP contribution is -2.63. The standard InChI is InChI=1S/C29H31N3O7/c1-4-5-8-38-28-21-25(39-31-28)22(32(2)3)18-12-15-10-14-9-13-11-16(30)6-7-17(13)23(33)19(14)24(34)20(15)26(35)29(18,37)27(21)36/h6-7,9,11,15,18,22,33-34,37H,4-5,8,10,12,30H2,1-3H3/t15-,18-,22-,29-/m0/s1. The minimum absolute atomic E-state index is 0.0434. The zero-order valence-corrected chi connectivity index (χ0v) is 22.0. The second-order valence-electron chi connectivity index (χ2n) is 11.0. The number of fused-ring (bicyclic) bond motifs is 5. The first-order chi connectivity index (χ1) is 18.6. The monoisotopic (exact) mass is 533 g/mol. The molecule has 39 heavy (non-hydrogen) atoms. The number of nitrogens with zero attached hydrogens (tertiary/aromatic N) is 2. The van der Waals surface area contributed by atoms with Crippen LogP contribution in [0, 0.1) is 11.8 Å². The van der Waals surface area contributed by atoms with Gasteiger partial charge in [0.2, 0.25) is 11.6 Å². The molecule has 1 aromatic heterocycles. The Labute approximate surface area is 224 Å². The Bertz CT molecular complexity index is 1570. The summed E-state index contributed by atoms with van der Waals surface area (Å²) in [6.07, 6.45) is 2.14. The van der Waals surface area contributed by atoms with E-state index >= 15 is 0 Å². The number of phenolic OH excluding ortho intramolecular Hbond substituents is 1. The number of Topliss-reactive ketones (excluding diaryl/α,β-unsaturated/α-hetero) is 2. The second-order valence-corrected chi connectivity index (χ2v) is 11.0. The first-order valence-corrected chi connectivity index (χ1v) is 13.2. The van der Waals surface area contributed by atoms with E-state index in [0.29, 0.717) is 35.1 Å². The number of rotatable bonds is 5. The number of aromatic hydroxyl groups is 1. The number of anilines is 1. The molecule has 5 N–H and O–H groups in total. The van der Waals surface area contributed by atoms with Crippen molar-refractivity contribution in [1.82, 2.24) is 10.1 Å². The van der Waals surface area contributed by atoms with Gasteiger partial charge in [-0.1, -0.05) is 19.4 Å². The lowest BCUT2D eigenvalue weighted by atomic mass is 9.57. The van der Waals surface area contributed by atoms with Gasteiger partial charge in [0.25, 0.3) is 5.88 Å². The molecule has 0 spiro atoms. The molecule has 2 aromatic carbocycles. The van der Waals surface area contributed by atoms with Crippen LogP contribution in [-0.4, -0.2) is 63.2 Å². The van der Waals surface area contributed by atoms with Crippen LogP contribution in [0.4, 0.5) is 5.69 Å². The second kappa shape index (κ2) is 8.82. The number of carbonyl (C=O) groups is 2. The molecule has 204 valence electrons. The Hall–Kier alpha value is -3.89. The van der Waals surface area contributed by atoms with Crippen molar-refractivity contribution in [3.05, 3.63) is 52.3 Å². The minimum atomic E-state index is -2.46. The average Bonchev–Trinajstić information content (AvgIpc) is 3.29. The Morgan fingerprint density at radius 1 is 1.18 bits per heavy atom. The van der Waals surface area contributed by atoms with Crippen LogP contribution in [0.1, 0.15) is 59.5 Å². The van der Waals surface area contributed by atoms with Crippen molar-refractivity contribution in [3.8, 4) is 11.6 Å². The zero-order chi connectivity index (χ0) is 27.8. The van der Waals surface area contributed by atoms with Crippen LogP contribution in [0.5, 0.6) is 11.6 Å². The molecule has 3 aliphatic carbocycles.